The largest absolute Gasteiger partial charge is 0.456 e. The van der Waals surface area contributed by atoms with Crippen LogP contribution in [0.25, 0.3) is 0 Å². The minimum Gasteiger partial charge on any atom is -0.456 e. The molecule has 0 radical (unpaired) electrons. The molecule has 4 heteroatoms. The van der Waals surface area contributed by atoms with Crippen molar-refractivity contribution in [1.29, 1.82) is 0 Å². The number of hydrogen-bond donors (Lipinski definition) is 1. The molecule has 2 N–H and O–H groups in total. The molecule has 112 valence electrons. The maximum Gasteiger partial charge on any atom is 0.141 e. The lowest BCUT2D eigenvalue weighted by atomic mass is 10.1. The second-order valence-electron chi connectivity index (χ2n) is 4.79. The number of methoxy groups -OCH3 is 1. The summed E-state index contributed by atoms with van der Waals surface area (Å²) in [6.45, 7) is 1.38. The first-order chi connectivity index (χ1) is 10.2. The van der Waals surface area contributed by atoms with Crippen molar-refractivity contribution in [1.82, 2.24) is 0 Å². The summed E-state index contributed by atoms with van der Waals surface area (Å²) in [6.07, 6.45) is 1.78. The lowest BCUT2D eigenvalue weighted by Crippen LogP contribution is -2.02. The lowest BCUT2D eigenvalue weighted by Gasteiger charge is -2.10. The number of halogens is 1. The number of benzene rings is 2. The molecule has 2 aromatic rings. The Bertz CT molecular complexity index is 570. The van der Waals surface area contributed by atoms with Gasteiger partial charge in [0.2, 0.25) is 0 Å². The van der Waals surface area contributed by atoms with Gasteiger partial charge in [0.25, 0.3) is 0 Å². The Morgan fingerprint density at radius 2 is 1.71 bits per heavy atom. The fourth-order valence-corrected chi connectivity index (χ4v) is 2.53. The second-order valence-corrected chi connectivity index (χ2v) is 5.65. The van der Waals surface area contributed by atoms with E-state index in [0.717, 1.165) is 35.4 Å². The Hall–Kier alpha value is -1.36. The van der Waals surface area contributed by atoms with Crippen molar-refractivity contribution in [2.45, 2.75) is 12.8 Å². The highest BCUT2D eigenvalue weighted by molar-refractivity contribution is 9.10. The molecule has 0 saturated carbocycles. The maximum atomic E-state index is 5.89. The van der Waals surface area contributed by atoms with Crippen LogP contribution in [-0.4, -0.2) is 20.3 Å². The first kappa shape index (κ1) is 16.0. The normalized spacial score (nSPS) is 10.6. The molecule has 0 aromatic heterocycles. The van der Waals surface area contributed by atoms with Crippen LogP contribution >= 0.6 is 15.9 Å². The first-order valence-electron chi connectivity index (χ1n) is 6.97. The summed E-state index contributed by atoms with van der Waals surface area (Å²) in [6, 6.07) is 14.1. The molecule has 2 rings (SSSR count). The molecule has 0 bridgehead atoms. The SMILES string of the molecule is COCCc1ccc(Oc2ccc(CCN)cc2Br)cc1. The summed E-state index contributed by atoms with van der Waals surface area (Å²) in [5.41, 5.74) is 8.00. The molecular formula is C17H20BrNO2. The Balaban J connectivity index is 2.04. The number of ether oxygens (including phenoxy) is 2. The van der Waals surface area contributed by atoms with Gasteiger partial charge in [-0.3, -0.25) is 0 Å². The van der Waals surface area contributed by atoms with Gasteiger partial charge < -0.3 is 15.2 Å². The number of hydrogen-bond acceptors (Lipinski definition) is 3. The minimum absolute atomic E-state index is 0.648. The van der Waals surface area contributed by atoms with Gasteiger partial charge in [0.1, 0.15) is 11.5 Å². The zero-order valence-corrected chi connectivity index (χ0v) is 13.7. The molecule has 0 aliphatic carbocycles. The van der Waals surface area contributed by atoms with Crippen LogP contribution in [-0.2, 0) is 17.6 Å². The van der Waals surface area contributed by atoms with Gasteiger partial charge in [-0.25, -0.2) is 0 Å². The topological polar surface area (TPSA) is 44.5 Å². The molecule has 0 unspecified atom stereocenters. The summed E-state index contributed by atoms with van der Waals surface area (Å²) < 4.78 is 11.9. The average molecular weight is 350 g/mol. The van der Waals surface area contributed by atoms with E-state index in [0.29, 0.717) is 6.54 Å². The molecule has 2 aromatic carbocycles. The Morgan fingerprint density at radius 3 is 2.33 bits per heavy atom. The van der Waals surface area contributed by atoms with Gasteiger partial charge in [0.15, 0.2) is 0 Å². The first-order valence-corrected chi connectivity index (χ1v) is 7.76. The Labute approximate surface area is 134 Å². The van der Waals surface area contributed by atoms with Gasteiger partial charge in [0.05, 0.1) is 11.1 Å². The van der Waals surface area contributed by atoms with Crippen LogP contribution in [0.1, 0.15) is 11.1 Å². The Kier molecular flexibility index (Phi) is 6.23. The lowest BCUT2D eigenvalue weighted by molar-refractivity contribution is 0.202. The van der Waals surface area contributed by atoms with Crippen molar-refractivity contribution >= 4 is 15.9 Å². The zero-order valence-electron chi connectivity index (χ0n) is 12.1. The molecule has 0 spiro atoms. The average Bonchev–Trinajstić information content (AvgIpc) is 2.49. The van der Waals surface area contributed by atoms with Gasteiger partial charge in [-0.05, 0) is 70.7 Å². The zero-order chi connectivity index (χ0) is 15.1. The van der Waals surface area contributed by atoms with Crippen LogP contribution in [0.15, 0.2) is 46.9 Å². The van der Waals surface area contributed by atoms with E-state index in [-0.39, 0.29) is 0 Å². The summed E-state index contributed by atoms with van der Waals surface area (Å²) in [5, 5.41) is 0. The van der Waals surface area contributed by atoms with Gasteiger partial charge in [0, 0.05) is 7.11 Å². The number of rotatable bonds is 7. The number of nitrogens with two attached hydrogens (primary N) is 1. The predicted molar refractivity (Wildman–Crippen MR) is 89.0 cm³/mol. The van der Waals surface area contributed by atoms with Crippen LogP contribution in [0.4, 0.5) is 0 Å². The highest BCUT2D eigenvalue weighted by Crippen LogP contribution is 2.30. The standard InChI is InChI=1S/C17H20BrNO2/c1-20-11-9-13-2-5-15(6-3-13)21-17-7-4-14(8-10-19)12-16(17)18/h2-7,12H,8-11,19H2,1H3. The molecule has 3 nitrogen and oxygen atoms in total. The van der Waals surface area contributed by atoms with Crippen molar-refractivity contribution in [2.75, 3.05) is 20.3 Å². The molecule has 21 heavy (non-hydrogen) atoms. The maximum absolute atomic E-state index is 5.89. The van der Waals surface area contributed by atoms with E-state index >= 15 is 0 Å². The van der Waals surface area contributed by atoms with E-state index in [1.54, 1.807) is 7.11 Å². The predicted octanol–water partition coefficient (Wildman–Crippen LogP) is 3.93. The molecule has 0 aliphatic heterocycles. The Morgan fingerprint density at radius 1 is 1.00 bits per heavy atom. The smallest absolute Gasteiger partial charge is 0.141 e. The third-order valence-corrected chi connectivity index (χ3v) is 3.80. The van der Waals surface area contributed by atoms with Crippen molar-refractivity contribution in [3.8, 4) is 11.5 Å². The molecule has 0 heterocycles. The van der Waals surface area contributed by atoms with E-state index in [9.17, 15) is 0 Å². The molecule has 0 fully saturated rings. The molecule has 0 atom stereocenters. The minimum atomic E-state index is 0.648. The monoisotopic (exact) mass is 349 g/mol. The van der Waals surface area contributed by atoms with Gasteiger partial charge >= 0.3 is 0 Å². The van der Waals surface area contributed by atoms with Crippen molar-refractivity contribution in [3.63, 3.8) is 0 Å². The van der Waals surface area contributed by atoms with E-state index in [1.165, 1.54) is 11.1 Å². The van der Waals surface area contributed by atoms with E-state index in [4.69, 9.17) is 15.2 Å². The van der Waals surface area contributed by atoms with Gasteiger partial charge in [-0.1, -0.05) is 18.2 Å². The van der Waals surface area contributed by atoms with Crippen LogP contribution in [0.3, 0.4) is 0 Å². The van der Waals surface area contributed by atoms with Crippen molar-refractivity contribution in [3.05, 3.63) is 58.1 Å². The van der Waals surface area contributed by atoms with Crippen LogP contribution in [0.2, 0.25) is 0 Å². The van der Waals surface area contributed by atoms with Crippen molar-refractivity contribution < 1.29 is 9.47 Å². The van der Waals surface area contributed by atoms with E-state index < -0.39 is 0 Å². The van der Waals surface area contributed by atoms with Crippen molar-refractivity contribution in [2.24, 2.45) is 5.73 Å². The van der Waals surface area contributed by atoms with Gasteiger partial charge in [-0.15, -0.1) is 0 Å². The fourth-order valence-electron chi connectivity index (χ4n) is 2.02. The summed E-state index contributed by atoms with van der Waals surface area (Å²) in [5.74, 6) is 1.63. The van der Waals surface area contributed by atoms with E-state index in [2.05, 4.69) is 34.1 Å². The third-order valence-electron chi connectivity index (χ3n) is 3.18. The van der Waals surface area contributed by atoms with Crippen LogP contribution in [0.5, 0.6) is 11.5 Å². The summed E-state index contributed by atoms with van der Waals surface area (Å²) in [7, 11) is 1.71. The van der Waals surface area contributed by atoms with Crippen LogP contribution < -0.4 is 10.5 Å². The molecule has 0 aliphatic rings. The summed E-state index contributed by atoms with van der Waals surface area (Å²) in [4.78, 5) is 0. The second kappa shape index (κ2) is 8.17. The fraction of sp³-hybridized carbons (Fsp3) is 0.294. The highest BCUT2D eigenvalue weighted by atomic mass is 79.9. The van der Waals surface area contributed by atoms with Gasteiger partial charge in [-0.2, -0.15) is 0 Å². The summed E-state index contributed by atoms with van der Waals surface area (Å²) >= 11 is 3.54. The molecular weight excluding hydrogens is 330 g/mol. The van der Waals surface area contributed by atoms with Crippen LogP contribution in [0, 0.1) is 0 Å². The molecule has 0 amide bonds. The quantitative estimate of drug-likeness (QED) is 0.823. The third kappa shape index (κ3) is 4.84. The van der Waals surface area contributed by atoms with E-state index in [1.807, 2.05) is 24.3 Å². The highest BCUT2D eigenvalue weighted by Gasteiger charge is 2.04. The molecule has 0 saturated heterocycles.